The van der Waals surface area contributed by atoms with Gasteiger partial charge in [0.25, 0.3) is 0 Å². The van der Waals surface area contributed by atoms with Crippen LogP contribution in [-0.2, 0) is 23.6 Å². The Balaban J connectivity index is 1.67. The van der Waals surface area contributed by atoms with Crippen molar-refractivity contribution >= 4 is 20.2 Å². The zero-order valence-electron chi connectivity index (χ0n) is 20.8. The molecule has 0 saturated heterocycles. The van der Waals surface area contributed by atoms with Crippen molar-refractivity contribution in [1.82, 2.24) is 18.8 Å². The third-order valence-electron chi connectivity index (χ3n) is 5.56. The number of pyridine rings is 1. The van der Waals surface area contributed by atoms with Crippen molar-refractivity contribution in [3.8, 4) is 28.6 Å². The smallest absolute Gasteiger partial charge is 0.310 e. The molecule has 0 aliphatic heterocycles. The summed E-state index contributed by atoms with van der Waals surface area (Å²) < 4.78 is 105. The first-order valence-corrected chi connectivity index (χ1v) is 14.4. The normalized spacial score (nSPS) is 14.1. The number of methoxy groups -OCH3 is 1. The van der Waals surface area contributed by atoms with Gasteiger partial charge in [-0.15, -0.1) is 0 Å². The number of hydrogen-bond donors (Lipinski definition) is 0. The van der Waals surface area contributed by atoms with Gasteiger partial charge in [-0.25, -0.2) is 18.4 Å². The van der Waals surface area contributed by atoms with Gasteiger partial charge in [-0.05, 0) is 48.0 Å². The van der Waals surface area contributed by atoms with Gasteiger partial charge in [0.15, 0.2) is 0 Å². The minimum atomic E-state index is -9.86. The van der Waals surface area contributed by atoms with Gasteiger partial charge in [-0.2, -0.15) is 4.31 Å². The van der Waals surface area contributed by atoms with E-state index in [1.165, 1.54) is 26.6 Å². The molecule has 2 aromatic carbocycles. The predicted molar refractivity (Wildman–Crippen MR) is 136 cm³/mol. The summed E-state index contributed by atoms with van der Waals surface area (Å²) in [5.74, 6) is 0.204. The van der Waals surface area contributed by atoms with E-state index >= 15 is 0 Å². The summed E-state index contributed by atoms with van der Waals surface area (Å²) in [4.78, 5) is 6.00. The van der Waals surface area contributed by atoms with Crippen molar-refractivity contribution in [2.45, 2.75) is 16.3 Å². The Morgan fingerprint density at radius 3 is 2.10 bits per heavy atom. The summed E-state index contributed by atoms with van der Waals surface area (Å²) in [6.07, 6.45) is 4.03. The van der Waals surface area contributed by atoms with E-state index in [4.69, 9.17) is 9.47 Å². The molecule has 0 aliphatic carbocycles. The molecule has 0 radical (unpaired) electrons. The van der Waals surface area contributed by atoms with Crippen LogP contribution in [0.2, 0.25) is 0 Å². The Bertz CT molecular complexity index is 1610. The second kappa shape index (κ2) is 9.20. The molecule has 0 bridgehead atoms. The third kappa shape index (κ3) is 6.49. The molecule has 0 saturated carbocycles. The number of hydrogen-bond acceptors (Lipinski definition) is 6. The summed E-state index contributed by atoms with van der Waals surface area (Å²) in [6, 6.07) is 10.00. The van der Waals surface area contributed by atoms with Gasteiger partial charge in [-0.1, -0.05) is 31.6 Å². The van der Waals surface area contributed by atoms with Gasteiger partial charge in [0.2, 0.25) is 15.9 Å². The molecule has 2 heterocycles. The fourth-order valence-electron chi connectivity index (χ4n) is 3.52. The van der Waals surface area contributed by atoms with Crippen LogP contribution in [0.5, 0.6) is 17.4 Å². The number of ether oxygens (including phenoxy) is 2. The Kier molecular flexibility index (Phi) is 6.68. The van der Waals surface area contributed by atoms with Crippen LogP contribution >= 0.6 is 10.2 Å². The van der Waals surface area contributed by atoms with Crippen molar-refractivity contribution in [2.75, 3.05) is 14.2 Å². The maximum atomic E-state index is 13.3. The number of sulfonamides is 1. The van der Waals surface area contributed by atoms with Gasteiger partial charge < -0.3 is 14.0 Å². The van der Waals surface area contributed by atoms with E-state index < -0.39 is 25.1 Å². The largest absolute Gasteiger partial charge is 0.497 e. The molecule has 8 nitrogen and oxygen atoms in total. The molecule has 39 heavy (non-hydrogen) atoms. The second-order valence-electron chi connectivity index (χ2n) is 8.60. The van der Waals surface area contributed by atoms with Crippen LogP contribution in [0.1, 0.15) is 5.56 Å². The van der Waals surface area contributed by atoms with Gasteiger partial charge in [-0.3, -0.25) is 0 Å². The molecular formula is C24H23F5N4O4S2. The molecule has 2 aromatic heterocycles. The fourth-order valence-corrected chi connectivity index (χ4v) is 5.30. The molecule has 0 atom stereocenters. The molecule has 0 aliphatic rings. The number of halogens is 5. The second-order valence-corrected chi connectivity index (χ2v) is 13.1. The van der Waals surface area contributed by atoms with E-state index in [1.807, 2.05) is 0 Å². The topological polar surface area (TPSA) is 86.5 Å². The highest BCUT2D eigenvalue weighted by Gasteiger charge is 2.65. The fraction of sp³-hybridized carbons (Fsp3) is 0.167. The maximum Gasteiger partial charge on any atom is 0.310 e. The zero-order valence-corrected chi connectivity index (χ0v) is 22.4. The third-order valence-corrected chi connectivity index (χ3v) is 8.49. The molecular weight excluding hydrogens is 567 g/mol. The van der Waals surface area contributed by atoms with Crippen LogP contribution in [0.4, 0.5) is 19.4 Å². The van der Waals surface area contributed by atoms with Crippen molar-refractivity contribution in [1.29, 1.82) is 0 Å². The molecule has 15 heteroatoms. The summed E-state index contributed by atoms with van der Waals surface area (Å²) in [6.45, 7) is 0.0437. The molecule has 210 valence electrons. The molecule has 0 fully saturated rings. The molecule has 0 spiro atoms. The van der Waals surface area contributed by atoms with Crippen LogP contribution < -0.4 is 9.47 Å². The lowest BCUT2D eigenvalue weighted by Gasteiger charge is -2.40. The van der Waals surface area contributed by atoms with E-state index in [2.05, 4.69) is 9.97 Å². The average molecular weight is 591 g/mol. The van der Waals surface area contributed by atoms with Crippen LogP contribution in [0.15, 0.2) is 83.1 Å². The quantitative estimate of drug-likeness (QED) is 0.200. The number of benzene rings is 2. The van der Waals surface area contributed by atoms with E-state index in [0.717, 1.165) is 22.6 Å². The summed E-state index contributed by atoms with van der Waals surface area (Å²) in [7, 11) is -9.33. The first kappa shape index (κ1) is 28.3. The summed E-state index contributed by atoms with van der Waals surface area (Å²) in [5.41, 5.74) is 1.08. The number of rotatable bonds is 9. The standard InChI is InChI=1S/C24H23F5N4O4S2/c1-32-15-23(31-16-32)22-12-20(38(34,35)33(2)14-17-4-6-18(36-3)7-5-17)13-30-24(22)37-19-8-10-21(11-9-19)39(25,26,27,28)29/h4-13,15-16H,14H2,1-3H3. The zero-order chi connectivity index (χ0) is 28.7. The molecule has 0 amide bonds. The van der Waals surface area contributed by atoms with Gasteiger partial charge in [0, 0.05) is 26.8 Å². The van der Waals surface area contributed by atoms with E-state index in [1.54, 1.807) is 42.1 Å². The monoisotopic (exact) mass is 590 g/mol. The van der Waals surface area contributed by atoms with E-state index in [9.17, 15) is 27.8 Å². The highest BCUT2D eigenvalue weighted by Crippen LogP contribution is 3.02. The lowest BCUT2D eigenvalue weighted by atomic mass is 10.2. The SMILES string of the molecule is COc1ccc(CN(C)S(=O)(=O)c2cnc(Oc3ccc(S(F)(F)(F)(F)F)cc3)c(-c3cn(C)cn3)c2)cc1. The summed E-state index contributed by atoms with van der Waals surface area (Å²) >= 11 is 0. The first-order chi connectivity index (χ1) is 18.0. The average Bonchev–Trinajstić information content (AvgIpc) is 3.29. The van der Waals surface area contributed by atoms with Crippen LogP contribution in [0.3, 0.4) is 0 Å². The highest BCUT2D eigenvalue weighted by molar-refractivity contribution is 8.45. The molecule has 4 aromatic rings. The van der Waals surface area contributed by atoms with Crippen LogP contribution in [0.25, 0.3) is 11.3 Å². The van der Waals surface area contributed by atoms with Crippen molar-refractivity contribution in [3.05, 3.63) is 78.9 Å². The molecule has 0 unspecified atom stereocenters. The van der Waals surface area contributed by atoms with Crippen molar-refractivity contribution in [2.24, 2.45) is 7.05 Å². The number of nitrogens with zero attached hydrogens (tertiary/aromatic N) is 4. The Morgan fingerprint density at radius 1 is 0.949 bits per heavy atom. The highest BCUT2D eigenvalue weighted by atomic mass is 32.5. The van der Waals surface area contributed by atoms with Gasteiger partial charge >= 0.3 is 10.2 Å². The van der Waals surface area contributed by atoms with E-state index in [-0.39, 0.29) is 46.5 Å². The van der Waals surface area contributed by atoms with E-state index in [0.29, 0.717) is 11.3 Å². The minimum Gasteiger partial charge on any atom is -0.497 e. The van der Waals surface area contributed by atoms with Gasteiger partial charge in [0.05, 0.1) is 30.9 Å². The Labute approximate surface area is 221 Å². The lowest BCUT2D eigenvalue weighted by Crippen LogP contribution is -2.26. The van der Waals surface area contributed by atoms with Gasteiger partial charge in [0.1, 0.15) is 21.3 Å². The lowest BCUT2D eigenvalue weighted by molar-refractivity contribution is 0.363. The Morgan fingerprint density at radius 2 is 1.56 bits per heavy atom. The Hall–Kier alpha value is -3.69. The maximum absolute atomic E-state index is 13.3. The number of aromatic nitrogens is 3. The van der Waals surface area contributed by atoms with Crippen LogP contribution in [-0.4, -0.2) is 41.4 Å². The van der Waals surface area contributed by atoms with Crippen LogP contribution in [0, 0.1) is 0 Å². The molecule has 0 N–H and O–H groups in total. The number of aryl methyl sites for hydroxylation is 1. The first-order valence-electron chi connectivity index (χ1n) is 11.1. The predicted octanol–water partition coefficient (Wildman–Crippen LogP) is 6.76. The number of imidazole rings is 1. The van der Waals surface area contributed by atoms with Crippen molar-refractivity contribution < 1.29 is 37.3 Å². The van der Waals surface area contributed by atoms with Crippen molar-refractivity contribution in [3.63, 3.8) is 0 Å². The summed E-state index contributed by atoms with van der Waals surface area (Å²) in [5, 5.41) is 0. The molecule has 4 rings (SSSR count). The minimum absolute atomic E-state index is 0.0437.